The molecule has 0 fully saturated rings. The molecule has 0 aromatic heterocycles. The average Bonchev–Trinajstić information content (AvgIpc) is 2.71. The highest BCUT2D eigenvalue weighted by atomic mass is 16.4. The summed E-state index contributed by atoms with van der Waals surface area (Å²) in [6.45, 7) is 10.8. The lowest BCUT2D eigenvalue weighted by Crippen LogP contribution is -2.35. The van der Waals surface area contributed by atoms with Gasteiger partial charge < -0.3 is 10.2 Å². The van der Waals surface area contributed by atoms with Crippen LogP contribution < -0.4 is 0 Å². The predicted molar refractivity (Wildman–Crippen MR) is 129 cm³/mol. The van der Waals surface area contributed by atoms with E-state index in [2.05, 4.69) is 39.8 Å². The van der Waals surface area contributed by atoms with Gasteiger partial charge in [-0.1, -0.05) is 97.4 Å². The van der Waals surface area contributed by atoms with Crippen molar-refractivity contribution < 1.29 is 15.0 Å². The minimum atomic E-state index is -1.93. The molecule has 0 saturated heterocycles. The van der Waals surface area contributed by atoms with Gasteiger partial charge in [0.1, 0.15) is 0 Å². The zero-order valence-corrected chi connectivity index (χ0v) is 19.5. The average molecular weight is 421 g/mol. The van der Waals surface area contributed by atoms with Crippen molar-refractivity contribution in [2.45, 2.75) is 65.9 Å². The summed E-state index contributed by atoms with van der Waals surface area (Å²) in [5, 5.41) is 20.2. The maximum Gasteiger partial charge on any atom is 0.340 e. The van der Waals surface area contributed by atoms with Crippen LogP contribution in [0, 0.1) is 5.41 Å². The van der Waals surface area contributed by atoms with Gasteiger partial charge in [-0.15, -0.1) is 0 Å². The molecule has 2 rings (SSSR count). The number of benzene rings is 1. The lowest BCUT2D eigenvalue weighted by molar-refractivity contribution is -0.159. The molecule has 0 radical (unpaired) electrons. The van der Waals surface area contributed by atoms with Gasteiger partial charge >= 0.3 is 5.97 Å². The summed E-state index contributed by atoms with van der Waals surface area (Å²) in [6.07, 6.45) is 15.8. The number of aliphatic carboxylic acids is 1. The van der Waals surface area contributed by atoms with E-state index in [0.717, 1.165) is 11.1 Å². The highest BCUT2D eigenvalue weighted by Gasteiger charge is 2.36. The Morgan fingerprint density at radius 3 is 2.42 bits per heavy atom. The SMILES string of the molecule is CC(C=CC1=C(C)CCCC1(C)C)=CC=CC(C)=CCC(O)(C(=O)O)c1ccccc1. The Bertz CT molecular complexity index is 926. The molecule has 1 unspecified atom stereocenters. The Morgan fingerprint density at radius 2 is 1.81 bits per heavy atom. The molecule has 1 aliphatic rings. The first-order valence-electron chi connectivity index (χ1n) is 11.0. The van der Waals surface area contributed by atoms with E-state index < -0.39 is 11.6 Å². The molecule has 2 N–H and O–H groups in total. The first kappa shape index (κ1) is 24.6. The largest absolute Gasteiger partial charge is 0.479 e. The van der Waals surface area contributed by atoms with Crippen molar-refractivity contribution in [1.29, 1.82) is 0 Å². The topological polar surface area (TPSA) is 57.5 Å². The fraction of sp³-hybridized carbons (Fsp3) is 0.393. The Kier molecular flexibility index (Phi) is 8.41. The van der Waals surface area contributed by atoms with E-state index in [1.54, 1.807) is 36.4 Å². The van der Waals surface area contributed by atoms with E-state index in [-0.39, 0.29) is 11.8 Å². The van der Waals surface area contributed by atoms with Crippen LogP contribution in [0.2, 0.25) is 0 Å². The maximum atomic E-state index is 11.7. The molecular formula is C28H36O3. The third kappa shape index (κ3) is 6.67. The number of carbonyl (C=O) groups is 1. The lowest BCUT2D eigenvalue weighted by Gasteiger charge is -2.32. The van der Waals surface area contributed by atoms with E-state index in [4.69, 9.17) is 0 Å². The van der Waals surface area contributed by atoms with Crippen molar-refractivity contribution in [2.75, 3.05) is 0 Å². The Morgan fingerprint density at radius 1 is 1.13 bits per heavy atom. The monoisotopic (exact) mass is 420 g/mol. The first-order valence-corrected chi connectivity index (χ1v) is 11.0. The summed E-state index contributed by atoms with van der Waals surface area (Å²) < 4.78 is 0. The van der Waals surface area contributed by atoms with E-state index in [9.17, 15) is 15.0 Å². The number of carboxylic acids is 1. The Hall–Kier alpha value is -2.65. The second kappa shape index (κ2) is 10.6. The van der Waals surface area contributed by atoms with Gasteiger partial charge in [-0.3, -0.25) is 0 Å². The van der Waals surface area contributed by atoms with Crippen molar-refractivity contribution >= 4 is 5.97 Å². The summed E-state index contributed by atoms with van der Waals surface area (Å²) in [6, 6.07) is 8.53. The fourth-order valence-corrected chi connectivity index (χ4v) is 4.05. The maximum absolute atomic E-state index is 11.7. The van der Waals surface area contributed by atoms with Crippen LogP contribution in [0.4, 0.5) is 0 Å². The minimum Gasteiger partial charge on any atom is -0.479 e. The normalized spacial score (nSPS) is 19.8. The van der Waals surface area contributed by atoms with E-state index in [0.29, 0.717) is 5.56 Å². The fourth-order valence-electron chi connectivity index (χ4n) is 4.05. The third-order valence-electron chi connectivity index (χ3n) is 6.10. The second-order valence-corrected chi connectivity index (χ2v) is 9.22. The van der Waals surface area contributed by atoms with Gasteiger partial charge in [0.25, 0.3) is 0 Å². The molecule has 0 aliphatic heterocycles. The van der Waals surface area contributed by atoms with Gasteiger partial charge in [0, 0.05) is 6.42 Å². The Balaban J connectivity index is 2.06. The number of hydrogen-bond donors (Lipinski definition) is 2. The number of aliphatic hydroxyl groups is 1. The minimum absolute atomic E-state index is 0.00757. The van der Waals surface area contributed by atoms with Crippen LogP contribution in [0.1, 0.15) is 65.9 Å². The van der Waals surface area contributed by atoms with Crippen molar-refractivity contribution in [3.63, 3.8) is 0 Å². The van der Waals surface area contributed by atoms with Crippen molar-refractivity contribution in [2.24, 2.45) is 5.41 Å². The summed E-state index contributed by atoms with van der Waals surface area (Å²) in [5.41, 5.74) is 3.66. The molecular weight excluding hydrogens is 384 g/mol. The molecule has 0 saturated carbocycles. The quantitative estimate of drug-likeness (QED) is 0.451. The molecule has 0 bridgehead atoms. The van der Waals surface area contributed by atoms with Crippen LogP contribution in [-0.4, -0.2) is 16.2 Å². The van der Waals surface area contributed by atoms with E-state index in [1.165, 1.54) is 30.4 Å². The molecule has 3 nitrogen and oxygen atoms in total. The van der Waals surface area contributed by atoms with Gasteiger partial charge in [0.2, 0.25) is 0 Å². The molecule has 0 spiro atoms. The molecule has 0 amide bonds. The molecule has 31 heavy (non-hydrogen) atoms. The highest BCUT2D eigenvalue weighted by molar-refractivity contribution is 5.79. The molecule has 0 heterocycles. The zero-order valence-electron chi connectivity index (χ0n) is 19.5. The van der Waals surface area contributed by atoms with Gasteiger partial charge in [-0.25, -0.2) is 4.79 Å². The van der Waals surface area contributed by atoms with Crippen LogP contribution in [0.3, 0.4) is 0 Å². The smallest absolute Gasteiger partial charge is 0.340 e. The van der Waals surface area contributed by atoms with Crippen LogP contribution in [-0.2, 0) is 10.4 Å². The third-order valence-corrected chi connectivity index (χ3v) is 6.10. The van der Waals surface area contributed by atoms with Gasteiger partial charge in [-0.05, 0) is 56.6 Å². The highest BCUT2D eigenvalue weighted by Crippen LogP contribution is 2.40. The Labute approximate surface area is 187 Å². The second-order valence-electron chi connectivity index (χ2n) is 9.22. The molecule has 1 atom stereocenters. The summed E-state index contributed by atoms with van der Waals surface area (Å²) in [4.78, 5) is 11.7. The molecule has 1 aromatic carbocycles. The van der Waals surface area contributed by atoms with Crippen LogP contribution in [0.25, 0.3) is 0 Å². The summed E-state index contributed by atoms with van der Waals surface area (Å²) >= 11 is 0. The number of rotatable bonds is 8. The van der Waals surface area contributed by atoms with E-state index in [1.807, 2.05) is 25.2 Å². The molecule has 1 aliphatic carbocycles. The van der Waals surface area contributed by atoms with Crippen LogP contribution >= 0.6 is 0 Å². The van der Waals surface area contributed by atoms with Crippen LogP contribution in [0.15, 0.2) is 89.1 Å². The van der Waals surface area contributed by atoms with Crippen molar-refractivity contribution in [3.05, 3.63) is 94.6 Å². The lowest BCUT2D eigenvalue weighted by atomic mass is 9.72. The number of hydrogen-bond acceptors (Lipinski definition) is 2. The number of carboxylic acid groups (broad SMARTS) is 1. The molecule has 166 valence electrons. The van der Waals surface area contributed by atoms with Gasteiger partial charge in [-0.2, -0.15) is 0 Å². The summed E-state index contributed by atoms with van der Waals surface area (Å²) in [7, 11) is 0. The first-order chi connectivity index (χ1) is 14.6. The standard InChI is InChI=1S/C28H36O3/c1-21(16-17-25-23(3)13-10-19-27(25,4)5)11-9-12-22(2)18-20-28(31,26(29)30)24-14-7-6-8-15-24/h6-9,11-12,14-18,31H,10,13,19-20H2,1-5H3,(H,29,30). The van der Waals surface area contributed by atoms with Crippen molar-refractivity contribution in [1.82, 2.24) is 0 Å². The number of allylic oxidation sites excluding steroid dienone is 9. The van der Waals surface area contributed by atoms with Crippen LogP contribution in [0.5, 0.6) is 0 Å². The molecule has 1 aromatic rings. The summed E-state index contributed by atoms with van der Waals surface area (Å²) in [5.74, 6) is -1.25. The van der Waals surface area contributed by atoms with E-state index >= 15 is 0 Å². The van der Waals surface area contributed by atoms with Crippen molar-refractivity contribution in [3.8, 4) is 0 Å². The zero-order chi connectivity index (χ0) is 23.1. The van der Waals surface area contributed by atoms with Gasteiger partial charge in [0.05, 0.1) is 0 Å². The van der Waals surface area contributed by atoms with Gasteiger partial charge in [0.15, 0.2) is 5.60 Å². The predicted octanol–water partition coefficient (Wildman–Crippen LogP) is 6.88. The molecule has 3 heteroatoms.